The second kappa shape index (κ2) is 9.45. The van der Waals surface area contributed by atoms with E-state index < -0.39 is 0 Å². The van der Waals surface area contributed by atoms with Crippen molar-refractivity contribution in [1.82, 2.24) is 10.2 Å². The fraction of sp³-hybridized carbons (Fsp3) is 0.480. The van der Waals surface area contributed by atoms with Crippen LogP contribution in [0.25, 0.3) is 0 Å². The summed E-state index contributed by atoms with van der Waals surface area (Å²) in [6.07, 6.45) is 6.30. The van der Waals surface area contributed by atoms with Crippen molar-refractivity contribution in [2.45, 2.75) is 44.6 Å². The van der Waals surface area contributed by atoms with Gasteiger partial charge in [-0.1, -0.05) is 48.9 Å². The van der Waals surface area contributed by atoms with E-state index in [2.05, 4.69) is 52.5 Å². The van der Waals surface area contributed by atoms with Gasteiger partial charge >= 0.3 is 0 Å². The van der Waals surface area contributed by atoms with Gasteiger partial charge < -0.3 is 10.2 Å². The molecule has 1 fully saturated rings. The van der Waals surface area contributed by atoms with Gasteiger partial charge in [-0.3, -0.25) is 9.69 Å². The van der Waals surface area contributed by atoms with E-state index in [1.807, 2.05) is 18.2 Å². The number of anilines is 1. The SMILES string of the molecule is CN1CCc2cc([C@@H](CNC(=O)CCc3ccccc3)N3CCCCC3)ccc21. The van der Waals surface area contributed by atoms with Crippen LogP contribution in [0.1, 0.15) is 48.4 Å². The maximum absolute atomic E-state index is 12.5. The Bertz CT molecular complexity index is 814. The van der Waals surface area contributed by atoms with Crippen molar-refractivity contribution in [3.8, 4) is 0 Å². The molecule has 0 aliphatic carbocycles. The number of fused-ring (bicyclic) bond motifs is 1. The third-order valence-corrected chi connectivity index (χ3v) is 6.42. The Morgan fingerprint density at radius 3 is 2.62 bits per heavy atom. The van der Waals surface area contributed by atoms with Crippen molar-refractivity contribution in [3.63, 3.8) is 0 Å². The topological polar surface area (TPSA) is 35.6 Å². The van der Waals surface area contributed by atoms with Crippen LogP contribution >= 0.6 is 0 Å². The molecule has 2 heterocycles. The van der Waals surface area contributed by atoms with Crippen molar-refractivity contribution in [1.29, 1.82) is 0 Å². The molecule has 4 heteroatoms. The van der Waals surface area contributed by atoms with Crippen LogP contribution < -0.4 is 10.2 Å². The van der Waals surface area contributed by atoms with E-state index in [1.54, 1.807) is 0 Å². The third kappa shape index (κ3) is 4.99. The van der Waals surface area contributed by atoms with Crippen molar-refractivity contribution < 1.29 is 4.79 Å². The van der Waals surface area contributed by atoms with Crippen LogP contribution in [0.15, 0.2) is 48.5 Å². The van der Waals surface area contributed by atoms with Crippen LogP contribution in [0, 0.1) is 0 Å². The molecule has 0 bridgehead atoms. The highest BCUT2D eigenvalue weighted by Gasteiger charge is 2.25. The van der Waals surface area contributed by atoms with Crippen molar-refractivity contribution in [3.05, 3.63) is 65.2 Å². The molecule has 0 radical (unpaired) electrons. The molecular weight excluding hydrogens is 358 g/mol. The van der Waals surface area contributed by atoms with Gasteiger partial charge in [-0.2, -0.15) is 0 Å². The summed E-state index contributed by atoms with van der Waals surface area (Å²) in [5.74, 6) is 0.150. The number of hydrogen-bond acceptors (Lipinski definition) is 3. The predicted octanol–water partition coefficient (Wildman–Crippen LogP) is 3.95. The lowest BCUT2D eigenvalue weighted by Gasteiger charge is -2.35. The zero-order chi connectivity index (χ0) is 20.1. The van der Waals surface area contributed by atoms with Crippen molar-refractivity contribution in [2.75, 3.05) is 38.1 Å². The summed E-state index contributed by atoms with van der Waals surface area (Å²) in [6, 6.07) is 17.5. The van der Waals surface area contributed by atoms with Crippen molar-refractivity contribution >= 4 is 11.6 Å². The Hall–Kier alpha value is -2.33. The second-order valence-electron chi connectivity index (χ2n) is 8.46. The Labute approximate surface area is 174 Å². The van der Waals surface area contributed by atoms with Gasteiger partial charge in [0.1, 0.15) is 0 Å². The number of aryl methyl sites for hydroxylation is 1. The van der Waals surface area contributed by atoms with Gasteiger partial charge in [-0.15, -0.1) is 0 Å². The van der Waals surface area contributed by atoms with Crippen molar-refractivity contribution in [2.24, 2.45) is 0 Å². The highest BCUT2D eigenvalue weighted by atomic mass is 16.1. The number of rotatable bonds is 7. The van der Waals surface area contributed by atoms with Crippen LogP contribution in [0.3, 0.4) is 0 Å². The van der Waals surface area contributed by atoms with Gasteiger partial charge in [-0.05, 0) is 61.5 Å². The number of benzene rings is 2. The lowest BCUT2D eigenvalue weighted by molar-refractivity contribution is -0.121. The number of carbonyl (C=O) groups is 1. The molecule has 2 aliphatic rings. The van der Waals surface area contributed by atoms with Gasteiger partial charge in [0.05, 0.1) is 6.04 Å². The number of piperidine rings is 1. The molecule has 1 atom stereocenters. The third-order valence-electron chi connectivity index (χ3n) is 6.42. The average molecular weight is 392 g/mol. The highest BCUT2D eigenvalue weighted by Crippen LogP contribution is 2.32. The van der Waals surface area contributed by atoms with Crippen LogP contribution in [-0.2, 0) is 17.6 Å². The number of carbonyl (C=O) groups excluding carboxylic acids is 1. The van der Waals surface area contributed by atoms with E-state index in [1.165, 1.54) is 41.6 Å². The Morgan fingerprint density at radius 1 is 1.03 bits per heavy atom. The molecule has 154 valence electrons. The summed E-state index contributed by atoms with van der Waals surface area (Å²) in [5.41, 5.74) is 5.38. The number of nitrogens with zero attached hydrogens (tertiary/aromatic N) is 2. The smallest absolute Gasteiger partial charge is 0.220 e. The summed E-state index contributed by atoms with van der Waals surface area (Å²) in [4.78, 5) is 17.4. The van der Waals surface area contributed by atoms with E-state index in [-0.39, 0.29) is 11.9 Å². The van der Waals surface area contributed by atoms with Crippen LogP contribution in [0.2, 0.25) is 0 Å². The first-order valence-electron chi connectivity index (χ1n) is 11.1. The molecule has 0 aromatic heterocycles. The number of amides is 1. The molecule has 4 nitrogen and oxygen atoms in total. The maximum atomic E-state index is 12.5. The monoisotopic (exact) mass is 391 g/mol. The lowest BCUT2D eigenvalue weighted by atomic mass is 9.98. The molecule has 4 rings (SSSR count). The van der Waals surface area contributed by atoms with E-state index in [0.717, 1.165) is 32.5 Å². The van der Waals surface area contributed by atoms with Crippen LogP contribution in [0.4, 0.5) is 5.69 Å². The zero-order valence-electron chi connectivity index (χ0n) is 17.6. The maximum Gasteiger partial charge on any atom is 0.220 e. The molecule has 1 amide bonds. The van der Waals surface area contributed by atoms with Crippen LogP contribution in [-0.4, -0.2) is 44.0 Å². The molecule has 2 aliphatic heterocycles. The molecule has 0 spiro atoms. The normalized spacial score (nSPS) is 17.8. The summed E-state index contributed by atoms with van der Waals surface area (Å²) in [5, 5.41) is 3.23. The summed E-state index contributed by atoms with van der Waals surface area (Å²) >= 11 is 0. The first-order valence-corrected chi connectivity index (χ1v) is 11.1. The van der Waals surface area contributed by atoms with E-state index in [0.29, 0.717) is 13.0 Å². The lowest BCUT2D eigenvalue weighted by Crippen LogP contribution is -2.40. The Kier molecular flexibility index (Phi) is 6.50. The molecule has 1 N–H and O–H groups in total. The van der Waals surface area contributed by atoms with Gasteiger partial charge in [0.2, 0.25) is 5.91 Å². The van der Waals surface area contributed by atoms with Gasteiger partial charge in [0.25, 0.3) is 0 Å². The second-order valence-corrected chi connectivity index (χ2v) is 8.46. The molecular formula is C25H33N3O. The average Bonchev–Trinajstić information content (AvgIpc) is 3.14. The predicted molar refractivity (Wildman–Crippen MR) is 119 cm³/mol. The zero-order valence-corrected chi connectivity index (χ0v) is 17.6. The van der Waals surface area contributed by atoms with E-state index in [9.17, 15) is 4.79 Å². The number of nitrogens with one attached hydrogen (secondary N) is 1. The fourth-order valence-corrected chi connectivity index (χ4v) is 4.68. The Balaban J connectivity index is 1.41. The first-order chi connectivity index (χ1) is 14.2. The minimum Gasteiger partial charge on any atom is -0.374 e. The van der Waals surface area contributed by atoms with E-state index >= 15 is 0 Å². The minimum atomic E-state index is 0.150. The Morgan fingerprint density at radius 2 is 1.83 bits per heavy atom. The quantitative estimate of drug-likeness (QED) is 0.776. The molecule has 1 saturated heterocycles. The summed E-state index contributed by atoms with van der Waals surface area (Å²) in [7, 11) is 2.17. The summed E-state index contributed by atoms with van der Waals surface area (Å²) < 4.78 is 0. The minimum absolute atomic E-state index is 0.150. The fourth-order valence-electron chi connectivity index (χ4n) is 4.68. The van der Waals surface area contributed by atoms with Gasteiger partial charge in [0, 0.05) is 32.2 Å². The molecule has 2 aromatic carbocycles. The first kappa shape index (κ1) is 20.0. The van der Waals surface area contributed by atoms with Crippen LogP contribution in [0.5, 0.6) is 0 Å². The highest BCUT2D eigenvalue weighted by molar-refractivity contribution is 5.76. The van der Waals surface area contributed by atoms with E-state index in [4.69, 9.17) is 0 Å². The molecule has 2 aromatic rings. The largest absolute Gasteiger partial charge is 0.374 e. The molecule has 29 heavy (non-hydrogen) atoms. The number of likely N-dealkylation sites (tertiary alicyclic amines) is 1. The number of likely N-dealkylation sites (N-methyl/N-ethyl adjacent to an activating group) is 1. The number of hydrogen-bond donors (Lipinski definition) is 1. The molecule has 0 unspecified atom stereocenters. The summed E-state index contributed by atoms with van der Waals surface area (Å²) in [6.45, 7) is 4.05. The standard InChI is InChI=1S/C25H33N3O/c1-27-17-14-22-18-21(11-12-23(22)27)24(28-15-6-3-7-16-28)19-26-25(29)13-10-20-8-4-2-5-9-20/h2,4-5,8-9,11-12,18,24H,3,6-7,10,13-17,19H2,1H3,(H,26,29)/t24-/m1/s1. The van der Waals surface area contributed by atoms with Gasteiger partial charge in [-0.25, -0.2) is 0 Å². The van der Waals surface area contributed by atoms with Gasteiger partial charge in [0.15, 0.2) is 0 Å². The molecule has 0 saturated carbocycles.